The van der Waals surface area contributed by atoms with Crippen LogP contribution in [0.25, 0.3) is 5.78 Å². The third-order valence-electron chi connectivity index (χ3n) is 2.82. The van der Waals surface area contributed by atoms with Gasteiger partial charge in [-0.15, -0.1) is 0 Å². The summed E-state index contributed by atoms with van der Waals surface area (Å²) in [5.74, 6) is 0.980. The molecule has 0 amide bonds. The van der Waals surface area contributed by atoms with Gasteiger partial charge >= 0.3 is 0 Å². The Morgan fingerprint density at radius 2 is 2.10 bits per heavy atom. The van der Waals surface area contributed by atoms with Gasteiger partial charge in [0.15, 0.2) is 5.16 Å². The molecule has 0 unspecified atom stereocenters. The van der Waals surface area contributed by atoms with Crippen LogP contribution in [0.4, 0.5) is 0 Å². The minimum Gasteiger partial charge on any atom is -0.267 e. The molecule has 2 aromatic heterocycles. The minimum absolute atomic E-state index is 0.179. The maximum atomic E-state index is 11.8. The van der Waals surface area contributed by atoms with Crippen molar-refractivity contribution in [2.24, 2.45) is 0 Å². The highest BCUT2D eigenvalue weighted by atomic mass is 35.5. The third-order valence-corrected chi connectivity index (χ3v) is 4.32. The molecule has 0 radical (unpaired) electrons. The van der Waals surface area contributed by atoms with Gasteiger partial charge in [-0.3, -0.25) is 9.89 Å². The van der Waals surface area contributed by atoms with Gasteiger partial charge in [-0.25, -0.2) is 4.98 Å². The minimum atomic E-state index is -0.179. The monoisotopic (exact) mass is 340 g/mol. The second-order valence-corrected chi connectivity index (χ2v) is 6.23. The molecule has 0 spiro atoms. The molecule has 0 atom stereocenters. The van der Waals surface area contributed by atoms with Gasteiger partial charge in [0.1, 0.15) is 0 Å². The molecular formula is C13H10Cl2N4OS. The van der Waals surface area contributed by atoms with Crippen molar-refractivity contribution < 1.29 is 0 Å². The molecule has 0 fully saturated rings. The molecule has 0 saturated carbocycles. The van der Waals surface area contributed by atoms with Gasteiger partial charge in [0.05, 0.1) is 0 Å². The number of thioether (sulfide) groups is 1. The summed E-state index contributed by atoms with van der Waals surface area (Å²) in [4.78, 5) is 20.3. The molecule has 0 saturated heterocycles. The van der Waals surface area contributed by atoms with Crippen LogP contribution in [0.15, 0.2) is 34.2 Å². The topological polar surface area (TPSA) is 63.0 Å². The van der Waals surface area contributed by atoms with E-state index in [-0.39, 0.29) is 5.56 Å². The van der Waals surface area contributed by atoms with E-state index in [0.717, 1.165) is 5.56 Å². The summed E-state index contributed by atoms with van der Waals surface area (Å²) in [5, 5.41) is 4.73. The quantitative estimate of drug-likeness (QED) is 0.743. The van der Waals surface area contributed by atoms with Crippen molar-refractivity contribution in [1.82, 2.24) is 19.6 Å². The van der Waals surface area contributed by atoms with Gasteiger partial charge in [0.25, 0.3) is 11.3 Å². The van der Waals surface area contributed by atoms with Crippen LogP contribution < -0.4 is 5.56 Å². The molecule has 2 heterocycles. The average molecular weight is 341 g/mol. The van der Waals surface area contributed by atoms with E-state index in [2.05, 4.69) is 15.1 Å². The second-order valence-electron chi connectivity index (χ2n) is 4.42. The van der Waals surface area contributed by atoms with Crippen molar-refractivity contribution in [2.45, 2.75) is 17.8 Å². The third kappa shape index (κ3) is 3.07. The first-order valence-corrected chi connectivity index (χ1v) is 7.80. The van der Waals surface area contributed by atoms with E-state index in [1.54, 1.807) is 19.1 Å². The van der Waals surface area contributed by atoms with Crippen LogP contribution in [0.1, 0.15) is 11.3 Å². The molecule has 21 heavy (non-hydrogen) atoms. The number of rotatable bonds is 3. The van der Waals surface area contributed by atoms with E-state index in [4.69, 9.17) is 23.2 Å². The standard InChI is InChI=1S/C13H10Cl2N4OS/c1-7-4-11(20)19-12(16-7)17-13(18-19)21-6-8-2-3-9(14)5-10(8)15/h2-5H,6H2,1H3,(H,16,17,18). The number of halogens is 2. The van der Waals surface area contributed by atoms with Crippen LogP contribution in [-0.2, 0) is 5.75 Å². The van der Waals surface area contributed by atoms with Crippen molar-refractivity contribution in [2.75, 3.05) is 0 Å². The molecule has 3 aromatic rings. The Kier molecular flexibility index (Phi) is 3.93. The van der Waals surface area contributed by atoms with Gasteiger partial charge in [0, 0.05) is 27.6 Å². The number of nitrogens with one attached hydrogen (secondary N) is 1. The fraction of sp³-hybridized carbons (Fsp3) is 0.154. The molecule has 5 nitrogen and oxygen atoms in total. The Morgan fingerprint density at radius 1 is 1.29 bits per heavy atom. The van der Waals surface area contributed by atoms with Gasteiger partial charge in [-0.1, -0.05) is 41.0 Å². The van der Waals surface area contributed by atoms with E-state index in [0.29, 0.717) is 32.4 Å². The summed E-state index contributed by atoms with van der Waals surface area (Å²) in [6, 6.07) is 6.81. The number of hydrogen-bond acceptors (Lipinski definition) is 4. The predicted octanol–water partition coefficient (Wildman–Crippen LogP) is 3.33. The van der Waals surface area contributed by atoms with Gasteiger partial charge in [0.2, 0.25) is 0 Å². The molecule has 1 aromatic carbocycles. The molecule has 1 N–H and O–H groups in total. The number of aryl methyl sites for hydroxylation is 1. The molecule has 0 bridgehead atoms. The molecule has 0 aliphatic heterocycles. The van der Waals surface area contributed by atoms with Gasteiger partial charge < -0.3 is 0 Å². The van der Waals surface area contributed by atoms with E-state index < -0.39 is 0 Å². The van der Waals surface area contributed by atoms with Gasteiger partial charge in [-0.2, -0.15) is 9.50 Å². The van der Waals surface area contributed by atoms with E-state index in [1.165, 1.54) is 22.3 Å². The highest BCUT2D eigenvalue weighted by Crippen LogP contribution is 2.27. The zero-order valence-electron chi connectivity index (χ0n) is 10.9. The lowest BCUT2D eigenvalue weighted by atomic mass is 10.2. The normalized spacial score (nSPS) is 11.2. The van der Waals surface area contributed by atoms with Crippen molar-refractivity contribution in [3.05, 3.63) is 55.9 Å². The van der Waals surface area contributed by atoms with Crippen LogP contribution in [0.5, 0.6) is 0 Å². The van der Waals surface area contributed by atoms with Crippen molar-refractivity contribution in [3.63, 3.8) is 0 Å². The number of H-pyrrole nitrogens is 1. The number of hydrogen-bond donors (Lipinski definition) is 1. The van der Waals surface area contributed by atoms with E-state index in [1.807, 2.05) is 6.07 Å². The maximum Gasteiger partial charge on any atom is 0.274 e. The highest BCUT2D eigenvalue weighted by molar-refractivity contribution is 7.98. The largest absolute Gasteiger partial charge is 0.274 e. The van der Waals surface area contributed by atoms with Crippen molar-refractivity contribution >= 4 is 40.7 Å². The van der Waals surface area contributed by atoms with Gasteiger partial charge in [-0.05, 0) is 24.6 Å². The first-order valence-electron chi connectivity index (χ1n) is 6.06. The Morgan fingerprint density at radius 3 is 2.86 bits per heavy atom. The smallest absolute Gasteiger partial charge is 0.267 e. The summed E-state index contributed by atoms with van der Waals surface area (Å²) in [6.45, 7) is 1.76. The van der Waals surface area contributed by atoms with Crippen LogP contribution >= 0.6 is 35.0 Å². The van der Waals surface area contributed by atoms with Crippen LogP contribution in [-0.4, -0.2) is 19.6 Å². The fourth-order valence-corrected chi connectivity index (χ4v) is 3.22. The predicted molar refractivity (Wildman–Crippen MR) is 84.4 cm³/mol. The number of aromatic nitrogens is 4. The Hall–Kier alpha value is -1.50. The Balaban J connectivity index is 1.85. The van der Waals surface area contributed by atoms with Crippen LogP contribution in [0.2, 0.25) is 10.0 Å². The number of fused-ring (bicyclic) bond motifs is 1. The molecular weight excluding hydrogens is 331 g/mol. The SMILES string of the molecule is Cc1cc(=O)n2[nH]c(SCc3ccc(Cl)cc3Cl)nc2n1. The van der Waals surface area contributed by atoms with E-state index in [9.17, 15) is 4.79 Å². The molecule has 0 aliphatic rings. The zero-order valence-corrected chi connectivity index (χ0v) is 13.3. The van der Waals surface area contributed by atoms with E-state index >= 15 is 0 Å². The summed E-state index contributed by atoms with van der Waals surface area (Å²) in [5.41, 5.74) is 1.41. The van der Waals surface area contributed by atoms with Crippen LogP contribution in [0.3, 0.4) is 0 Å². The fourth-order valence-electron chi connectivity index (χ4n) is 1.82. The summed E-state index contributed by atoms with van der Waals surface area (Å²) in [7, 11) is 0. The summed E-state index contributed by atoms with van der Waals surface area (Å²) >= 11 is 13.4. The maximum absolute atomic E-state index is 11.8. The van der Waals surface area contributed by atoms with Crippen molar-refractivity contribution in [3.8, 4) is 0 Å². The average Bonchev–Trinajstić information content (AvgIpc) is 2.81. The molecule has 3 rings (SSSR count). The second kappa shape index (κ2) is 5.71. The molecule has 108 valence electrons. The highest BCUT2D eigenvalue weighted by Gasteiger charge is 2.08. The Labute approximate surface area is 134 Å². The number of benzene rings is 1. The first-order chi connectivity index (χ1) is 10.0. The Bertz CT molecular complexity index is 874. The number of aromatic amines is 1. The first kappa shape index (κ1) is 14.4. The lowest BCUT2D eigenvalue weighted by Crippen LogP contribution is -2.14. The van der Waals surface area contributed by atoms with Crippen LogP contribution in [0, 0.1) is 6.92 Å². The lowest BCUT2D eigenvalue weighted by Gasteiger charge is -2.02. The summed E-state index contributed by atoms with van der Waals surface area (Å²) < 4.78 is 1.32. The zero-order chi connectivity index (χ0) is 15.0. The lowest BCUT2D eigenvalue weighted by molar-refractivity contribution is 0.845. The molecule has 0 aliphatic carbocycles. The number of nitrogens with zero attached hydrogens (tertiary/aromatic N) is 3. The van der Waals surface area contributed by atoms with Crippen molar-refractivity contribution in [1.29, 1.82) is 0 Å². The molecule has 8 heteroatoms. The summed E-state index contributed by atoms with van der Waals surface area (Å²) in [6.07, 6.45) is 0.